The molecule has 3 nitrogen and oxygen atoms in total. The summed E-state index contributed by atoms with van der Waals surface area (Å²) < 4.78 is 5.14. The second-order valence-electron chi connectivity index (χ2n) is 5.27. The summed E-state index contributed by atoms with van der Waals surface area (Å²) in [6.07, 6.45) is 5.63. The summed E-state index contributed by atoms with van der Waals surface area (Å²) >= 11 is 0. The number of unbranched alkanes of at least 4 members (excludes halogenated alkanes) is 2. The molecular formula is C16H23NO2. The van der Waals surface area contributed by atoms with Crippen LogP contribution in [0.5, 0.6) is 5.75 Å². The predicted molar refractivity (Wildman–Crippen MR) is 77.6 cm³/mol. The van der Waals surface area contributed by atoms with Crippen molar-refractivity contribution in [2.45, 2.75) is 39.0 Å². The molecule has 1 aromatic rings. The fourth-order valence-corrected chi connectivity index (χ4v) is 2.67. The lowest BCUT2D eigenvalue weighted by molar-refractivity contribution is -0.117. The third-order valence-electron chi connectivity index (χ3n) is 3.81. The van der Waals surface area contributed by atoms with Crippen molar-refractivity contribution in [1.82, 2.24) is 0 Å². The van der Waals surface area contributed by atoms with E-state index < -0.39 is 0 Å². The number of hydrogen-bond acceptors (Lipinski definition) is 2. The number of carbonyl (C=O) groups is 1. The summed E-state index contributed by atoms with van der Waals surface area (Å²) in [5.74, 6) is 1.61. The lowest BCUT2D eigenvalue weighted by atomic mass is 10.0. The fraction of sp³-hybridized carbons (Fsp3) is 0.562. The van der Waals surface area contributed by atoms with Gasteiger partial charge in [0.05, 0.1) is 7.11 Å². The summed E-state index contributed by atoms with van der Waals surface area (Å²) in [6, 6.07) is 7.75. The molecule has 0 radical (unpaired) electrons. The van der Waals surface area contributed by atoms with Crippen molar-refractivity contribution in [3.63, 3.8) is 0 Å². The first kappa shape index (κ1) is 13.9. The van der Waals surface area contributed by atoms with Crippen LogP contribution in [-0.2, 0) is 4.79 Å². The zero-order chi connectivity index (χ0) is 13.7. The standard InChI is InChI=1S/C16H23NO2/c1-3-4-5-6-13-11-16(18)17(12-13)14-7-9-15(19-2)10-8-14/h7-10,13H,3-6,11-12H2,1-2H3. The maximum absolute atomic E-state index is 12.1. The Morgan fingerprint density at radius 3 is 2.63 bits per heavy atom. The van der Waals surface area contributed by atoms with Gasteiger partial charge in [0, 0.05) is 18.7 Å². The topological polar surface area (TPSA) is 29.5 Å². The van der Waals surface area contributed by atoms with Crippen molar-refractivity contribution >= 4 is 11.6 Å². The van der Waals surface area contributed by atoms with Crippen LogP contribution in [0.2, 0.25) is 0 Å². The third-order valence-corrected chi connectivity index (χ3v) is 3.81. The van der Waals surface area contributed by atoms with Crippen LogP contribution in [0, 0.1) is 5.92 Å². The average molecular weight is 261 g/mol. The Bertz CT molecular complexity index is 413. The first-order valence-corrected chi connectivity index (χ1v) is 7.19. The van der Waals surface area contributed by atoms with Gasteiger partial charge in [0.2, 0.25) is 5.91 Å². The van der Waals surface area contributed by atoms with Gasteiger partial charge in [-0.2, -0.15) is 0 Å². The molecule has 1 fully saturated rings. The summed E-state index contributed by atoms with van der Waals surface area (Å²) in [6.45, 7) is 3.08. The highest BCUT2D eigenvalue weighted by Gasteiger charge is 2.29. The molecule has 1 unspecified atom stereocenters. The molecule has 1 aliphatic heterocycles. The molecular weight excluding hydrogens is 238 g/mol. The zero-order valence-corrected chi connectivity index (χ0v) is 11.9. The molecule has 104 valence electrons. The highest BCUT2D eigenvalue weighted by Crippen LogP contribution is 2.29. The first-order chi connectivity index (χ1) is 9.24. The van der Waals surface area contributed by atoms with E-state index >= 15 is 0 Å². The van der Waals surface area contributed by atoms with Crippen molar-refractivity contribution in [3.8, 4) is 5.75 Å². The monoisotopic (exact) mass is 261 g/mol. The number of rotatable bonds is 6. The van der Waals surface area contributed by atoms with Gasteiger partial charge in [-0.15, -0.1) is 0 Å². The summed E-state index contributed by atoms with van der Waals surface area (Å²) in [7, 11) is 1.65. The largest absolute Gasteiger partial charge is 0.497 e. The Labute approximate surface area is 115 Å². The number of carbonyl (C=O) groups excluding carboxylic acids is 1. The van der Waals surface area contributed by atoms with Gasteiger partial charge in [-0.05, 0) is 36.6 Å². The smallest absolute Gasteiger partial charge is 0.227 e. The van der Waals surface area contributed by atoms with Crippen LogP contribution < -0.4 is 9.64 Å². The number of hydrogen-bond donors (Lipinski definition) is 0. The predicted octanol–water partition coefficient (Wildman–Crippen LogP) is 3.63. The van der Waals surface area contributed by atoms with Crippen molar-refractivity contribution in [1.29, 1.82) is 0 Å². The molecule has 1 aromatic carbocycles. The fourth-order valence-electron chi connectivity index (χ4n) is 2.67. The second-order valence-corrected chi connectivity index (χ2v) is 5.27. The second kappa shape index (κ2) is 6.60. The highest BCUT2D eigenvalue weighted by molar-refractivity contribution is 5.95. The Morgan fingerprint density at radius 1 is 1.26 bits per heavy atom. The molecule has 0 aliphatic carbocycles. The lowest BCUT2D eigenvalue weighted by Gasteiger charge is -2.17. The molecule has 1 atom stereocenters. The molecule has 0 spiro atoms. The van der Waals surface area contributed by atoms with E-state index in [9.17, 15) is 4.79 Å². The molecule has 3 heteroatoms. The Balaban J connectivity index is 1.95. The van der Waals surface area contributed by atoms with Gasteiger partial charge in [-0.3, -0.25) is 4.79 Å². The van der Waals surface area contributed by atoms with Crippen LogP contribution in [0.3, 0.4) is 0 Å². The van der Waals surface area contributed by atoms with E-state index in [2.05, 4.69) is 6.92 Å². The van der Waals surface area contributed by atoms with Crippen LogP contribution >= 0.6 is 0 Å². The van der Waals surface area contributed by atoms with Gasteiger partial charge in [-0.25, -0.2) is 0 Å². The van der Waals surface area contributed by atoms with Crippen molar-refractivity contribution in [2.24, 2.45) is 5.92 Å². The number of benzene rings is 1. The molecule has 1 aliphatic rings. The zero-order valence-electron chi connectivity index (χ0n) is 11.9. The van der Waals surface area contributed by atoms with Crippen molar-refractivity contribution < 1.29 is 9.53 Å². The Morgan fingerprint density at radius 2 is 2.00 bits per heavy atom. The van der Waals surface area contributed by atoms with Crippen LogP contribution in [0.25, 0.3) is 0 Å². The molecule has 0 aromatic heterocycles. The van der Waals surface area contributed by atoms with E-state index in [1.54, 1.807) is 7.11 Å². The minimum absolute atomic E-state index is 0.256. The van der Waals surface area contributed by atoms with E-state index in [4.69, 9.17) is 4.74 Å². The molecule has 1 amide bonds. The van der Waals surface area contributed by atoms with E-state index in [0.29, 0.717) is 12.3 Å². The molecule has 1 heterocycles. The maximum Gasteiger partial charge on any atom is 0.227 e. The number of amides is 1. The normalized spacial score (nSPS) is 18.9. The van der Waals surface area contributed by atoms with Gasteiger partial charge < -0.3 is 9.64 Å². The lowest BCUT2D eigenvalue weighted by Crippen LogP contribution is -2.24. The van der Waals surface area contributed by atoms with E-state index in [-0.39, 0.29) is 5.91 Å². The third kappa shape index (κ3) is 3.49. The summed E-state index contributed by atoms with van der Waals surface area (Å²) in [4.78, 5) is 14.0. The van der Waals surface area contributed by atoms with Crippen molar-refractivity contribution in [2.75, 3.05) is 18.6 Å². The van der Waals surface area contributed by atoms with Gasteiger partial charge >= 0.3 is 0 Å². The highest BCUT2D eigenvalue weighted by atomic mass is 16.5. The van der Waals surface area contributed by atoms with Crippen LogP contribution in [0.4, 0.5) is 5.69 Å². The summed E-state index contributed by atoms with van der Waals surface area (Å²) in [5, 5.41) is 0. The van der Waals surface area contributed by atoms with Gasteiger partial charge in [0.15, 0.2) is 0 Å². The Kier molecular flexibility index (Phi) is 4.83. The Hall–Kier alpha value is -1.51. The van der Waals surface area contributed by atoms with E-state index in [1.807, 2.05) is 29.2 Å². The molecule has 2 rings (SSSR count). The van der Waals surface area contributed by atoms with Crippen LogP contribution in [0.15, 0.2) is 24.3 Å². The van der Waals surface area contributed by atoms with Gasteiger partial charge in [0.1, 0.15) is 5.75 Å². The molecule has 0 bridgehead atoms. The van der Waals surface area contributed by atoms with E-state index in [1.165, 1.54) is 25.7 Å². The van der Waals surface area contributed by atoms with Crippen LogP contribution in [-0.4, -0.2) is 19.6 Å². The maximum atomic E-state index is 12.1. The van der Waals surface area contributed by atoms with Gasteiger partial charge in [-0.1, -0.05) is 26.2 Å². The SMILES string of the molecule is CCCCCC1CC(=O)N(c2ccc(OC)cc2)C1. The van der Waals surface area contributed by atoms with Crippen LogP contribution in [0.1, 0.15) is 39.0 Å². The number of nitrogens with zero attached hydrogens (tertiary/aromatic N) is 1. The van der Waals surface area contributed by atoms with E-state index in [0.717, 1.165) is 18.0 Å². The van der Waals surface area contributed by atoms with Gasteiger partial charge in [0.25, 0.3) is 0 Å². The minimum atomic E-state index is 0.256. The van der Waals surface area contributed by atoms with Crippen molar-refractivity contribution in [3.05, 3.63) is 24.3 Å². The summed E-state index contributed by atoms with van der Waals surface area (Å²) in [5.41, 5.74) is 0.990. The average Bonchev–Trinajstić information content (AvgIpc) is 2.80. The molecule has 1 saturated heterocycles. The quantitative estimate of drug-likeness (QED) is 0.732. The number of ether oxygens (including phenoxy) is 1. The number of anilines is 1. The molecule has 0 N–H and O–H groups in total. The molecule has 19 heavy (non-hydrogen) atoms. The molecule has 0 saturated carbocycles. The number of methoxy groups -OCH3 is 1. The minimum Gasteiger partial charge on any atom is -0.497 e. The first-order valence-electron chi connectivity index (χ1n) is 7.19.